The number of nitrogens with one attached hydrogen (secondary N) is 1. The summed E-state index contributed by atoms with van der Waals surface area (Å²) in [5.74, 6) is -0.510. The standard InChI is InChI=1S/C15H15ClN2O4S/c1-21-12-6-9(5-11(16)14(12)22-8-13(17)19)15(20)18-7-10-3-2-4-23-10/h2-6H,7-8H2,1H3,(H2,17,19)(H,18,20). The van der Waals surface area contributed by atoms with Crippen molar-refractivity contribution in [3.8, 4) is 11.5 Å². The van der Waals surface area contributed by atoms with Crippen molar-refractivity contribution in [1.82, 2.24) is 5.32 Å². The summed E-state index contributed by atoms with van der Waals surface area (Å²) in [6.45, 7) is 0.0936. The molecule has 0 unspecified atom stereocenters. The lowest BCUT2D eigenvalue weighted by molar-refractivity contribution is -0.119. The van der Waals surface area contributed by atoms with Gasteiger partial charge in [-0.2, -0.15) is 0 Å². The van der Waals surface area contributed by atoms with E-state index in [-0.39, 0.29) is 29.0 Å². The Morgan fingerprint density at radius 3 is 2.78 bits per heavy atom. The molecule has 0 atom stereocenters. The van der Waals surface area contributed by atoms with Gasteiger partial charge in [-0.25, -0.2) is 0 Å². The van der Waals surface area contributed by atoms with E-state index in [0.717, 1.165) is 4.88 Å². The number of ether oxygens (including phenoxy) is 2. The van der Waals surface area contributed by atoms with E-state index in [9.17, 15) is 9.59 Å². The van der Waals surface area contributed by atoms with E-state index in [1.807, 2.05) is 17.5 Å². The highest BCUT2D eigenvalue weighted by molar-refractivity contribution is 7.09. The van der Waals surface area contributed by atoms with E-state index in [4.69, 9.17) is 26.8 Å². The average Bonchev–Trinajstić information content (AvgIpc) is 3.03. The second kappa shape index (κ2) is 7.85. The molecule has 23 heavy (non-hydrogen) atoms. The van der Waals surface area contributed by atoms with Crippen molar-refractivity contribution in [2.75, 3.05) is 13.7 Å². The maximum absolute atomic E-state index is 12.2. The Morgan fingerprint density at radius 1 is 1.39 bits per heavy atom. The van der Waals surface area contributed by atoms with Crippen molar-refractivity contribution in [2.24, 2.45) is 5.73 Å². The monoisotopic (exact) mass is 354 g/mol. The van der Waals surface area contributed by atoms with Gasteiger partial charge in [0.25, 0.3) is 11.8 Å². The van der Waals surface area contributed by atoms with Crippen LogP contribution in [0, 0.1) is 0 Å². The van der Waals surface area contributed by atoms with Crippen LogP contribution in [0.3, 0.4) is 0 Å². The molecule has 0 aliphatic heterocycles. The molecule has 6 nitrogen and oxygen atoms in total. The Labute approximate surface area is 142 Å². The number of nitrogens with two attached hydrogens (primary N) is 1. The topological polar surface area (TPSA) is 90.7 Å². The van der Waals surface area contributed by atoms with E-state index < -0.39 is 5.91 Å². The molecule has 1 aromatic heterocycles. The predicted octanol–water partition coefficient (Wildman–Crippen LogP) is 2.20. The Balaban J connectivity index is 2.14. The molecule has 1 aromatic carbocycles. The van der Waals surface area contributed by atoms with Crippen LogP contribution in [0.25, 0.3) is 0 Å². The third kappa shape index (κ3) is 4.61. The molecular weight excluding hydrogens is 340 g/mol. The van der Waals surface area contributed by atoms with Crippen molar-refractivity contribution in [2.45, 2.75) is 6.54 Å². The maximum atomic E-state index is 12.2. The average molecular weight is 355 g/mol. The zero-order chi connectivity index (χ0) is 16.8. The number of methoxy groups -OCH3 is 1. The zero-order valence-electron chi connectivity index (χ0n) is 12.3. The number of rotatable bonds is 7. The first-order valence-corrected chi connectivity index (χ1v) is 7.86. The van der Waals surface area contributed by atoms with Crippen LogP contribution in [0.1, 0.15) is 15.2 Å². The van der Waals surface area contributed by atoms with Gasteiger partial charge in [-0.05, 0) is 23.6 Å². The minimum absolute atomic E-state index is 0.159. The molecule has 0 saturated carbocycles. The summed E-state index contributed by atoms with van der Waals surface area (Å²) in [4.78, 5) is 24.0. The lowest BCUT2D eigenvalue weighted by atomic mass is 10.2. The molecule has 0 fully saturated rings. The molecule has 2 aromatic rings. The second-order valence-electron chi connectivity index (χ2n) is 4.51. The minimum Gasteiger partial charge on any atom is -0.493 e. The molecule has 1 heterocycles. The highest BCUT2D eigenvalue weighted by Crippen LogP contribution is 2.36. The summed E-state index contributed by atoms with van der Waals surface area (Å²) in [5.41, 5.74) is 5.36. The Bertz CT molecular complexity index is 704. The van der Waals surface area contributed by atoms with Crippen molar-refractivity contribution >= 4 is 34.8 Å². The number of hydrogen-bond acceptors (Lipinski definition) is 5. The first kappa shape index (κ1) is 17.1. The smallest absolute Gasteiger partial charge is 0.255 e. The Kier molecular flexibility index (Phi) is 5.84. The molecule has 0 spiro atoms. The predicted molar refractivity (Wildman–Crippen MR) is 88.2 cm³/mol. The van der Waals surface area contributed by atoms with E-state index in [0.29, 0.717) is 12.1 Å². The molecular formula is C15H15ClN2O4S. The quantitative estimate of drug-likeness (QED) is 0.797. The number of benzene rings is 1. The largest absolute Gasteiger partial charge is 0.493 e. The Hall–Kier alpha value is -2.25. The normalized spacial score (nSPS) is 10.2. The maximum Gasteiger partial charge on any atom is 0.255 e. The summed E-state index contributed by atoms with van der Waals surface area (Å²) < 4.78 is 10.4. The zero-order valence-corrected chi connectivity index (χ0v) is 13.9. The van der Waals surface area contributed by atoms with E-state index in [2.05, 4.69) is 5.32 Å². The van der Waals surface area contributed by atoms with Crippen molar-refractivity contribution in [1.29, 1.82) is 0 Å². The van der Waals surface area contributed by atoms with Crippen molar-refractivity contribution < 1.29 is 19.1 Å². The third-order valence-corrected chi connectivity index (χ3v) is 4.01. The fraction of sp³-hybridized carbons (Fsp3) is 0.200. The van der Waals surface area contributed by atoms with Gasteiger partial charge in [0, 0.05) is 10.4 Å². The summed E-state index contributed by atoms with van der Waals surface area (Å²) >= 11 is 7.66. The SMILES string of the molecule is COc1cc(C(=O)NCc2cccs2)cc(Cl)c1OCC(N)=O. The van der Waals surface area contributed by atoms with Gasteiger partial charge in [-0.3, -0.25) is 9.59 Å². The third-order valence-electron chi connectivity index (χ3n) is 2.85. The van der Waals surface area contributed by atoms with Crippen molar-refractivity contribution in [3.63, 3.8) is 0 Å². The molecule has 8 heteroatoms. The fourth-order valence-corrected chi connectivity index (χ4v) is 2.73. The Morgan fingerprint density at radius 2 is 2.17 bits per heavy atom. The number of primary amides is 1. The minimum atomic E-state index is -0.638. The summed E-state index contributed by atoms with van der Waals surface area (Å²) in [5, 5.41) is 4.89. The summed E-state index contributed by atoms with van der Waals surface area (Å²) in [6.07, 6.45) is 0. The molecule has 122 valence electrons. The van der Waals surface area contributed by atoms with Gasteiger partial charge in [0.2, 0.25) is 0 Å². The van der Waals surface area contributed by atoms with Crippen LogP contribution >= 0.6 is 22.9 Å². The van der Waals surface area contributed by atoms with Crippen LogP contribution in [-0.2, 0) is 11.3 Å². The van der Waals surface area contributed by atoms with E-state index >= 15 is 0 Å². The van der Waals surface area contributed by atoms with E-state index in [1.54, 1.807) is 11.3 Å². The number of halogens is 1. The highest BCUT2D eigenvalue weighted by atomic mass is 35.5. The second-order valence-corrected chi connectivity index (χ2v) is 5.95. The molecule has 0 bridgehead atoms. The lowest BCUT2D eigenvalue weighted by Crippen LogP contribution is -2.23. The highest BCUT2D eigenvalue weighted by Gasteiger charge is 2.16. The van der Waals surface area contributed by atoms with Gasteiger partial charge >= 0.3 is 0 Å². The number of amides is 2. The van der Waals surface area contributed by atoms with Crippen LogP contribution < -0.4 is 20.5 Å². The van der Waals surface area contributed by atoms with Crippen molar-refractivity contribution in [3.05, 3.63) is 45.1 Å². The van der Waals surface area contributed by atoms with Gasteiger partial charge in [0.1, 0.15) is 0 Å². The summed E-state index contributed by atoms with van der Waals surface area (Å²) in [6, 6.07) is 6.78. The van der Waals surface area contributed by atoms with Crippen LogP contribution in [0.15, 0.2) is 29.6 Å². The first-order chi connectivity index (χ1) is 11.0. The number of hydrogen-bond donors (Lipinski definition) is 2. The molecule has 0 saturated heterocycles. The van der Waals surface area contributed by atoms with Gasteiger partial charge in [-0.1, -0.05) is 17.7 Å². The molecule has 0 aliphatic rings. The fourth-order valence-electron chi connectivity index (χ4n) is 1.82. The van der Waals surface area contributed by atoms with Crippen LogP contribution in [0.4, 0.5) is 0 Å². The molecule has 2 amide bonds. The van der Waals surface area contributed by atoms with Crippen LogP contribution in [0.2, 0.25) is 5.02 Å². The number of carbonyl (C=O) groups excluding carboxylic acids is 2. The molecule has 0 radical (unpaired) electrons. The van der Waals surface area contributed by atoms with Crippen LogP contribution in [-0.4, -0.2) is 25.5 Å². The van der Waals surface area contributed by atoms with Crippen LogP contribution in [0.5, 0.6) is 11.5 Å². The van der Waals surface area contributed by atoms with Gasteiger partial charge in [0.05, 0.1) is 18.7 Å². The van der Waals surface area contributed by atoms with Gasteiger partial charge in [-0.15, -0.1) is 11.3 Å². The molecule has 3 N–H and O–H groups in total. The molecule has 0 aliphatic carbocycles. The number of carbonyl (C=O) groups is 2. The number of thiophene rings is 1. The first-order valence-electron chi connectivity index (χ1n) is 6.60. The van der Waals surface area contributed by atoms with Gasteiger partial charge in [0.15, 0.2) is 18.1 Å². The van der Waals surface area contributed by atoms with E-state index in [1.165, 1.54) is 19.2 Å². The molecule has 2 rings (SSSR count). The van der Waals surface area contributed by atoms with Gasteiger partial charge < -0.3 is 20.5 Å². The lowest BCUT2D eigenvalue weighted by Gasteiger charge is -2.13. The summed E-state index contributed by atoms with van der Waals surface area (Å²) in [7, 11) is 1.41.